The van der Waals surface area contributed by atoms with Gasteiger partial charge in [-0.2, -0.15) is 0 Å². The van der Waals surface area contributed by atoms with E-state index in [0.29, 0.717) is 35.3 Å². The molecule has 1 aliphatic heterocycles. The normalized spacial score (nSPS) is 15.4. The molecule has 0 aliphatic carbocycles. The molecule has 4 amide bonds. The van der Waals surface area contributed by atoms with E-state index >= 15 is 0 Å². The van der Waals surface area contributed by atoms with Crippen LogP contribution in [0.5, 0.6) is 11.5 Å². The number of hydrogen-bond acceptors (Lipinski definition) is 5. The lowest BCUT2D eigenvalue weighted by molar-refractivity contribution is -0.122. The van der Waals surface area contributed by atoms with Gasteiger partial charge in [0.1, 0.15) is 5.57 Å². The van der Waals surface area contributed by atoms with E-state index in [0.717, 1.165) is 4.90 Å². The summed E-state index contributed by atoms with van der Waals surface area (Å²) in [6.07, 6.45) is 1.31. The van der Waals surface area contributed by atoms with E-state index in [4.69, 9.17) is 32.7 Å². The summed E-state index contributed by atoms with van der Waals surface area (Å²) in [6, 6.07) is 8.47. The van der Waals surface area contributed by atoms with Gasteiger partial charge >= 0.3 is 6.03 Å². The van der Waals surface area contributed by atoms with Crippen molar-refractivity contribution in [3.8, 4) is 11.5 Å². The van der Waals surface area contributed by atoms with Crippen molar-refractivity contribution >= 4 is 52.8 Å². The fourth-order valence-electron chi connectivity index (χ4n) is 2.85. The maximum Gasteiger partial charge on any atom is 0.335 e. The highest BCUT2D eigenvalue weighted by Gasteiger charge is 2.37. The first-order chi connectivity index (χ1) is 14.4. The van der Waals surface area contributed by atoms with Crippen LogP contribution in [0.1, 0.15) is 19.4 Å². The Kier molecular flexibility index (Phi) is 6.64. The van der Waals surface area contributed by atoms with Crippen LogP contribution in [-0.2, 0) is 9.59 Å². The number of nitrogens with zero attached hydrogens (tertiary/aromatic N) is 1. The Morgan fingerprint density at radius 3 is 2.27 bits per heavy atom. The molecule has 30 heavy (non-hydrogen) atoms. The third-order valence-electron chi connectivity index (χ3n) is 4.17. The van der Waals surface area contributed by atoms with Crippen LogP contribution in [0.15, 0.2) is 42.0 Å². The second-order valence-corrected chi connectivity index (χ2v) is 6.91. The minimum absolute atomic E-state index is 0.186. The molecule has 0 spiro atoms. The highest BCUT2D eigenvalue weighted by molar-refractivity contribution is 6.40. The number of carbonyl (C=O) groups excluding carboxylic acids is 3. The number of amides is 4. The van der Waals surface area contributed by atoms with Gasteiger partial charge in [-0.15, -0.1) is 0 Å². The number of hydrogen-bond donors (Lipinski definition) is 1. The topological polar surface area (TPSA) is 84.9 Å². The van der Waals surface area contributed by atoms with E-state index in [1.54, 1.807) is 19.1 Å². The third kappa shape index (κ3) is 4.27. The van der Waals surface area contributed by atoms with Crippen molar-refractivity contribution in [2.45, 2.75) is 13.8 Å². The Morgan fingerprint density at radius 2 is 1.63 bits per heavy atom. The molecule has 0 radical (unpaired) electrons. The first-order valence-electron chi connectivity index (χ1n) is 9.12. The van der Waals surface area contributed by atoms with Gasteiger partial charge in [0, 0.05) is 5.02 Å². The fraction of sp³-hybridized carbons (Fsp3) is 0.190. The van der Waals surface area contributed by atoms with E-state index in [9.17, 15) is 14.4 Å². The molecule has 1 fully saturated rings. The van der Waals surface area contributed by atoms with Gasteiger partial charge < -0.3 is 9.47 Å². The highest BCUT2D eigenvalue weighted by atomic mass is 35.5. The van der Waals surface area contributed by atoms with Gasteiger partial charge in [0.15, 0.2) is 11.5 Å². The van der Waals surface area contributed by atoms with Gasteiger partial charge in [-0.1, -0.05) is 23.2 Å². The molecule has 1 saturated heterocycles. The Balaban J connectivity index is 2.04. The van der Waals surface area contributed by atoms with Gasteiger partial charge in [0.05, 0.1) is 23.9 Å². The molecule has 0 aromatic heterocycles. The van der Waals surface area contributed by atoms with E-state index in [1.165, 1.54) is 30.3 Å². The Bertz CT molecular complexity index is 1030. The minimum Gasteiger partial charge on any atom is -0.490 e. The molecule has 9 heteroatoms. The number of anilines is 1. The van der Waals surface area contributed by atoms with Crippen LogP contribution < -0.4 is 19.7 Å². The number of urea groups is 1. The zero-order valence-electron chi connectivity index (χ0n) is 16.2. The number of carbonyl (C=O) groups is 3. The van der Waals surface area contributed by atoms with Crippen LogP contribution in [0.2, 0.25) is 10.0 Å². The SMILES string of the molecule is CCOc1ccc(C=C2C(=O)NC(=O)N(c3ccc(Cl)cc3)C2=O)c(Cl)c1OCC. The van der Waals surface area contributed by atoms with E-state index < -0.39 is 17.8 Å². The predicted molar refractivity (Wildman–Crippen MR) is 114 cm³/mol. The zero-order valence-corrected chi connectivity index (χ0v) is 17.7. The summed E-state index contributed by atoms with van der Waals surface area (Å²) in [5.41, 5.74) is 0.388. The average molecular weight is 449 g/mol. The standard InChI is InChI=1S/C21H18Cl2N2O5/c1-3-29-16-10-5-12(17(23)18(16)30-4-2)11-15-19(26)24-21(28)25(20(15)27)14-8-6-13(22)7-9-14/h5-11H,3-4H2,1-2H3,(H,24,26,28). The van der Waals surface area contributed by atoms with Crippen LogP contribution in [0.4, 0.5) is 10.5 Å². The number of imide groups is 2. The lowest BCUT2D eigenvalue weighted by atomic mass is 10.1. The quantitative estimate of drug-likeness (QED) is 0.520. The molecule has 0 unspecified atom stereocenters. The molecule has 2 aromatic carbocycles. The summed E-state index contributed by atoms with van der Waals surface area (Å²) in [5, 5.41) is 2.79. The zero-order chi connectivity index (χ0) is 21.8. The van der Waals surface area contributed by atoms with Crippen molar-refractivity contribution in [1.82, 2.24) is 5.32 Å². The van der Waals surface area contributed by atoms with Gasteiger partial charge in [0.2, 0.25) is 0 Å². The molecular weight excluding hydrogens is 431 g/mol. The van der Waals surface area contributed by atoms with Gasteiger partial charge in [-0.3, -0.25) is 14.9 Å². The summed E-state index contributed by atoms with van der Waals surface area (Å²) in [5.74, 6) is -0.847. The highest BCUT2D eigenvalue weighted by Crippen LogP contribution is 2.39. The monoisotopic (exact) mass is 448 g/mol. The first kappa shape index (κ1) is 21.7. The van der Waals surface area contributed by atoms with Crippen molar-refractivity contribution in [2.24, 2.45) is 0 Å². The number of rotatable bonds is 6. The van der Waals surface area contributed by atoms with Crippen molar-refractivity contribution in [3.05, 3.63) is 57.6 Å². The Labute approximate surface area is 183 Å². The van der Waals surface area contributed by atoms with Crippen molar-refractivity contribution < 1.29 is 23.9 Å². The molecule has 2 aromatic rings. The average Bonchev–Trinajstić information content (AvgIpc) is 2.71. The van der Waals surface area contributed by atoms with Gasteiger partial charge in [0.25, 0.3) is 11.8 Å². The van der Waals surface area contributed by atoms with Crippen molar-refractivity contribution in [3.63, 3.8) is 0 Å². The predicted octanol–water partition coefficient (Wildman–Crippen LogP) is 4.46. The number of barbiturate groups is 1. The van der Waals surface area contributed by atoms with Crippen LogP contribution in [0.3, 0.4) is 0 Å². The molecule has 1 heterocycles. The molecule has 0 saturated carbocycles. The maximum absolute atomic E-state index is 13.0. The van der Waals surface area contributed by atoms with Crippen molar-refractivity contribution in [1.29, 1.82) is 0 Å². The summed E-state index contributed by atoms with van der Waals surface area (Å²) in [6.45, 7) is 4.38. The van der Waals surface area contributed by atoms with Crippen molar-refractivity contribution in [2.75, 3.05) is 18.1 Å². The number of halogens is 2. The van der Waals surface area contributed by atoms with Crippen LogP contribution in [0, 0.1) is 0 Å². The summed E-state index contributed by atoms with van der Waals surface area (Å²) >= 11 is 12.3. The first-order valence-corrected chi connectivity index (χ1v) is 9.88. The summed E-state index contributed by atoms with van der Waals surface area (Å²) < 4.78 is 11.1. The van der Waals surface area contributed by atoms with E-state index in [-0.39, 0.29) is 16.3 Å². The second kappa shape index (κ2) is 9.19. The lowest BCUT2D eigenvalue weighted by Gasteiger charge is -2.26. The molecule has 1 N–H and O–H groups in total. The summed E-state index contributed by atoms with van der Waals surface area (Å²) in [7, 11) is 0. The molecule has 0 bridgehead atoms. The van der Waals surface area contributed by atoms with E-state index in [2.05, 4.69) is 5.32 Å². The molecule has 1 aliphatic rings. The Morgan fingerprint density at radius 1 is 0.967 bits per heavy atom. The molecule has 0 atom stereocenters. The van der Waals surface area contributed by atoms with Crippen LogP contribution in [0.25, 0.3) is 6.08 Å². The maximum atomic E-state index is 13.0. The van der Waals surface area contributed by atoms with Gasteiger partial charge in [-0.25, -0.2) is 9.69 Å². The molecule has 156 valence electrons. The lowest BCUT2D eigenvalue weighted by Crippen LogP contribution is -2.54. The summed E-state index contributed by atoms with van der Waals surface area (Å²) in [4.78, 5) is 38.5. The second-order valence-electron chi connectivity index (χ2n) is 6.10. The van der Waals surface area contributed by atoms with E-state index in [1.807, 2.05) is 6.92 Å². The third-order valence-corrected chi connectivity index (χ3v) is 4.81. The fourth-order valence-corrected chi connectivity index (χ4v) is 3.24. The smallest absolute Gasteiger partial charge is 0.335 e. The van der Waals surface area contributed by atoms with Crippen LogP contribution in [-0.4, -0.2) is 31.1 Å². The number of ether oxygens (including phenoxy) is 2. The molecule has 7 nitrogen and oxygen atoms in total. The largest absolute Gasteiger partial charge is 0.490 e. The minimum atomic E-state index is -0.850. The molecular formula is C21H18Cl2N2O5. The van der Waals surface area contributed by atoms with Gasteiger partial charge in [-0.05, 0) is 61.9 Å². The Hall–Kier alpha value is -3.03. The molecule has 3 rings (SSSR count). The van der Waals surface area contributed by atoms with Crippen LogP contribution >= 0.6 is 23.2 Å². The number of nitrogens with one attached hydrogen (secondary N) is 1. The number of benzene rings is 2.